The average molecular weight is 303 g/mol. The molecule has 0 aliphatic heterocycles. The van der Waals surface area contributed by atoms with Gasteiger partial charge in [-0.3, -0.25) is 4.79 Å². The first-order chi connectivity index (χ1) is 10.4. The van der Waals surface area contributed by atoms with Crippen LogP contribution in [0.2, 0.25) is 0 Å². The Morgan fingerprint density at radius 3 is 2.50 bits per heavy atom. The largest absolute Gasteiger partial charge is 0.299 e. The molecule has 0 N–H and O–H groups in total. The number of fused-ring (bicyclic) bond motifs is 5. The van der Waals surface area contributed by atoms with Crippen LogP contribution in [0.4, 0.5) is 0 Å². The minimum absolute atomic E-state index is 0.0422. The van der Waals surface area contributed by atoms with Crippen molar-refractivity contribution in [2.75, 3.05) is 0 Å². The van der Waals surface area contributed by atoms with Crippen LogP contribution in [0, 0.1) is 46.3 Å². The molecular weight excluding hydrogens is 268 g/mol. The van der Waals surface area contributed by atoms with E-state index >= 15 is 0 Å². The third-order valence-corrected chi connectivity index (χ3v) is 9.00. The minimum atomic E-state index is 0.0422. The summed E-state index contributed by atoms with van der Waals surface area (Å²) in [5.74, 6) is 5.75. The quantitative estimate of drug-likeness (QED) is 0.579. The van der Waals surface area contributed by atoms with Crippen molar-refractivity contribution < 1.29 is 4.79 Å². The highest BCUT2D eigenvalue weighted by molar-refractivity contribution is 5.87. The Kier molecular flexibility index (Phi) is 3.34. The number of hydrogen-bond donors (Lipinski definition) is 0. The van der Waals surface area contributed by atoms with Gasteiger partial charge in [-0.15, -0.1) is 0 Å². The molecule has 0 saturated heterocycles. The summed E-state index contributed by atoms with van der Waals surface area (Å²) < 4.78 is 0. The normalized spacial score (nSPS) is 57.9. The predicted octanol–water partition coefficient (Wildman–Crippen LogP) is 5.48. The minimum Gasteiger partial charge on any atom is -0.299 e. The van der Waals surface area contributed by atoms with Gasteiger partial charge in [0.25, 0.3) is 0 Å². The molecule has 4 fully saturated rings. The van der Waals surface area contributed by atoms with E-state index in [1.807, 2.05) is 0 Å². The Morgan fingerprint density at radius 2 is 1.73 bits per heavy atom. The molecule has 0 amide bonds. The van der Waals surface area contributed by atoms with E-state index in [-0.39, 0.29) is 5.41 Å². The number of ketones is 1. The van der Waals surface area contributed by atoms with E-state index in [1.54, 1.807) is 0 Å². The summed E-state index contributed by atoms with van der Waals surface area (Å²) in [7, 11) is 0. The molecular formula is C21H34O. The molecule has 4 aliphatic rings. The molecule has 8 atom stereocenters. The standard InChI is InChI=1S/C21H34O/c1-13-7-9-20(3)15(11-13)12-14(2)19-16-5-6-18(22)21(16,4)10-8-17(19)20/h13-17,19H,5-12H2,1-4H3. The van der Waals surface area contributed by atoms with Crippen molar-refractivity contribution in [3.8, 4) is 0 Å². The first-order valence-electron chi connectivity index (χ1n) is 9.89. The highest BCUT2D eigenvalue weighted by atomic mass is 16.1. The van der Waals surface area contributed by atoms with Crippen molar-refractivity contribution in [1.82, 2.24) is 0 Å². The number of hydrogen-bond acceptors (Lipinski definition) is 1. The van der Waals surface area contributed by atoms with Crippen LogP contribution < -0.4 is 0 Å². The molecule has 4 aliphatic carbocycles. The van der Waals surface area contributed by atoms with Crippen LogP contribution in [0.25, 0.3) is 0 Å². The zero-order valence-corrected chi connectivity index (χ0v) is 15.0. The molecule has 0 bridgehead atoms. The van der Waals surface area contributed by atoms with E-state index in [1.165, 1.54) is 44.9 Å². The van der Waals surface area contributed by atoms with Gasteiger partial charge < -0.3 is 0 Å². The molecule has 4 rings (SSSR count). The zero-order chi connectivity index (χ0) is 15.7. The van der Waals surface area contributed by atoms with Gasteiger partial charge in [0.1, 0.15) is 5.78 Å². The van der Waals surface area contributed by atoms with E-state index in [2.05, 4.69) is 27.7 Å². The van der Waals surface area contributed by atoms with Crippen molar-refractivity contribution in [3.05, 3.63) is 0 Å². The maximum absolute atomic E-state index is 12.5. The molecule has 0 aromatic heterocycles. The van der Waals surface area contributed by atoms with Crippen LogP contribution in [-0.4, -0.2) is 5.78 Å². The summed E-state index contributed by atoms with van der Waals surface area (Å²) in [6.45, 7) is 9.93. The van der Waals surface area contributed by atoms with E-state index in [9.17, 15) is 4.79 Å². The van der Waals surface area contributed by atoms with Gasteiger partial charge in [0.05, 0.1) is 0 Å². The van der Waals surface area contributed by atoms with Crippen molar-refractivity contribution >= 4 is 5.78 Å². The Hall–Kier alpha value is -0.330. The summed E-state index contributed by atoms with van der Waals surface area (Å²) in [5.41, 5.74) is 0.622. The van der Waals surface area contributed by atoms with Gasteiger partial charge >= 0.3 is 0 Å². The van der Waals surface area contributed by atoms with E-state index in [0.29, 0.717) is 17.1 Å². The Bertz CT molecular complexity index is 482. The maximum atomic E-state index is 12.5. The number of carbonyl (C=O) groups excluding carboxylic acids is 1. The van der Waals surface area contributed by atoms with Gasteiger partial charge in [-0.2, -0.15) is 0 Å². The molecule has 4 saturated carbocycles. The fraction of sp³-hybridized carbons (Fsp3) is 0.952. The summed E-state index contributed by atoms with van der Waals surface area (Å²) in [4.78, 5) is 12.5. The van der Waals surface area contributed by atoms with Crippen LogP contribution in [0.1, 0.15) is 79.1 Å². The second-order valence-electron chi connectivity index (χ2n) is 10.0. The molecule has 8 unspecified atom stereocenters. The summed E-state index contributed by atoms with van der Waals surface area (Å²) >= 11 is 0. The van der Waals surface area contributed by atoms with Gasteiger partial charge in [-0.1, -0.05) is 34.1 Å². The Morgan fingerprint density at radius 1 is 0.955 bits per heavy atom. The van der Waals surface area contributed by atoms with Crippen LogP contribution in [-0.2, 0) is 4.79 Å². The summed E-state index contributed by atoms with van der Waals surface area (Å²) in [6.07, 6.45) is 10.4. The van der Waals surface area contributed by atoms with Gasteiger partial charge in [0, 0.05) is 11.8 Å². The molecule has 1 heteroatoms. The van der Waals surface area contributed by atoms with Gasteiger partial charge in [0.15, 0.2) is 0 Å². The number of Topliss-reactive ketones (excluding diaryl/α,β-unsaturated/α-hetero) is 1. The fourth-order valence-corrected chi connectivity index (χ4v) is 7.62. The SMILES string of the molecule is CC1CCC2(C)C(C1)CC(C)C1C3CCC(=O)C3(C)CCC12. The Balaban J connectivity index is 1.69. The lowest BCUT2D eigenvalue weighted by molar-refractivity contribution is -0.148. The van der Waals surface area contributed by atoms with E-state index < -0.39 is 0 Å². The maximum Gasteiger partial charge on any atom is 0.139 e. The molecule has 0 aromatic carbocycles. The third-order valence-electron chi connectivity index (χ3n) is 9.00. The number of rotatable bonds is 0. The fourth-order valence-electron chi connectivity index (χ4n) is 7.62. The van der Waals surface area contributed by atoms with Crippen molar-refractivity contribution in [2.45, 2.75) is 79.1 Å². The van der Waals surface area contributed by atoms with Crippen molar-refractivity contribution in [2.24, 2.45) is 46.3 Å². The summed E-state index contributed by atoms with van der Waals surface area (Å²) in [6, 6.07) is 0. The molecule has 124 valence electrons. The lowest BCUT2D eigenvalue weighted by atomic mass is 9.42. The first kappa shape index (κ1) is 15.2. The van der Waals surface area contributed by atoms with Crippen LogP contribution in [0.15, 0.2) is 0 Å². The zero-order valence-electron chi connectivity index (χ0n) is 15.0. The van der Waals surface area contributed by atoms with Gasteiger partial charge in [-0.05, 0) is 79.4 Å². The third kappa shape index (κ3) is 1.86. The van der Waals surface area contributed by atoms with Gasteiger partial charge in [-0.25, -0.2) is 0 Å². The van der Waals surface area contributed by atoms with E-state index in [4.69, 9.17) is 0 Å². The summed E-state index contributed by atoms with van der Waals surface area (Å²) in [5, 5.41) is 0. The van der Waals surface area contributed by atoms with Crippen LogP contribution in [0.5, 0.6) is 0 Å². The van der Waals surface area contributed by atoms with Crippen molar-refractivity contribution in [1.29, 1.82) is 0 Å². The lowest BCUT2D eigenvalue weighted by Crippen LogP contribution is -2.56. The van der Waals surface area contributed by atoms with Crippen LogP contribution in [0.3, 0.4) is 0 Å². The highest BCUT2D eigenvalue weighted by Gasteiger charge is 2.61. The molecule has 0 heterocycles. The van der Waals surface area contributed by atoms with Crippen molar-refractivity contribution in [3.63, 3.8) is 0 Å². The highest BCUT2D eigenvalue weighted by Crippen LogP contribution is 2.67. The molecule has 0 spiro atoms. The second kappa shape index (κ2) is 4.84. The smallest absolute Gasteiger partial charge is 0.139 e. The van der Waals surface area contributed by atoms with E-state index in [0.717, 1.165) is 36.0 Å². The monoisotopic (exact) mass is 302 g/mol. The Labute approximate surface area is 136 Å². The first-order valence-corrected chi connectivity index (χ1v) is 9.89. The molecule has 1 nitrogen and oxygen atoms in total. The molecule has 0 aromatic rings. The average Bonchev–Trinajstić information content (AvgIpc) is 2.77. The number of carbonyl (C=O) groups is 1. The molecule has 0 radical (unpaired) electrons. The molecule has 22 heavy (non-hydrogen) atoms. The second-order valence-corrected chi connectivity index (χ2v) is 10.0. The van der Waals surface area contributed by atoms with Crippen LogP contribution >= 0.6 is 0 Å². The lowest BCUT2D eigenvalue weighted by Gasteiger charge is -2.62. The van der Waals surface area contributed by atoms with Gasteiger partial charge in [0.2, 0.25) is 0 Å². The topological polar surface area (TPSA) is 17.1 Å². The predicted molar refractivity (Wildman–Crippen MR) is 90.4 cm³/mol.